The van der Waals surface area contributed by atoms with Crippen molar-refractivity contribution in [1.29, 1.82) is 0 Å². The zero-order chi connectivity index (χ0) is 10.7. The molecule has 1 heterocycles. The first-order chi connectivity index (χ1) is 7.25. The summed E-state index contributed by atoms with van der Waals surface area (Å²) in [6.45, 7) is 2.56. The highest BCUT2D eigenvalue weighted by atomic mass is 79.9. The maximum atomic E-state index is 5.56. The topological polar surface area (TPSA) is 38.2 Å². The van der Waals surface area contributed by atoms with E-state index in [0.29, 0.717) is 0 Å². The Balaban J connectivity index is 1.64. The van der Waals surface area contributed by atoms with Crippen molar-refractivity contribution in [3.63, 3.8) is 0 Å². The number of hydrogen-bond donors (Lipinski definition) is 0. The molecule has 0 radical (unpaired) electrons. The molecule has 0 aromatic carbocycles. The standard InChI is InChI=1S/C9H14BrN3OS/c1-13(9-12-11-8(10)15-9)4-5-14-6-7-2-3-7/h7H,2-6H2,1H3. The molecule has 6 heteroatoms. The van der Waals surface area contributed by atoms with Gasteiger partial charge in [0.25, 0.3) is 0 Å². The van der Waals surface area contributed by atoms with Gasteiger partial charge in [-0.05, 0) is 34.7 Å². The second-order valence-electron chi connectivity index (χ2n) is 3.78. The van der Waals surface area contributed by atoms with E-state index in [1.165, 1.54) is 24.2 Å². The van der Waals surface area contributed by atoms with Crippen molar-refractivity contribution in [2.45, 2.75) is 12.8 Å². The zero-order valence-electron chi connectivity index (χ0n) is 8.65. The van der Waals surface area contributed by atoms with Crippen LogP contribution in [0.4, 0.5) is 5.13 Å². The maximum Gasteiger partial charge on any atom is 0.208 e. The summed E-state index contributed by atoms with van der Waals surface area (Å²) in [5.74, 6) is 0.839. The summed E-state index contributed by atoms with van der Waals surface area (Å²) in [5, 5.41) is 8.87. The normalized spacial score (nSPS) is 15.6. The lowest BCUT2D eigenvalue weighted by Gasteiger charge is -2.14. The van der Waals surface area contributed by atoms with Crippen LogP contribution in [-0.4, -0.2) is 37.0 Å². The van der Waals surface area contributed by atoms with Gasteiger partial charge >= 0.3 is 0 Å². The van der Waals surface area contributed by atoms with Crippen LogP contribution in [-0.2, 0) is 4.74 Å². The minimum atomic E-state index is 0.768. The van der Waals surface area contributed by atoms with Gasteiger partial charge in [-0.2, -0.15) is 0 Å². The molecule has 0 saturated heterocycles. The average molecular weight is 292 g/mol. The minimum Gasteiger partial charge on any atom is -0.379 e. The summed E-state index contributed by atoms with van der Waals surface area (Å²) in [6, 6.07) is 0. The molecule has 2 rings (SSSR count). The zero-order valence-corrected chi connectivity index (χ0v) is 11.1. The van der Waals surface area contributed by atoms with Crippen molar-refractivity contribution in [3.05, 3.63) is 3.92 Å². The van der Waals surface area contributed by atoms with Gasteiger partial charge in [0.2, 0.25) is 5.13 Å². The number of rotatable bonds is 6. The molecule has 1 aromatic heterocycles. The number of hydrogen-bond acceptors (Lipinski definition) is 5. The molecule has 1 fully saturated rings. The van der Waals surface area contributed by atoms with E-state index in [9.17, 15) is 0 Å². The fourth-order valence-corrected chi connectivity index (χ4v) is 2.26. The van der Waals surface area contributed by atoms with Crippen LogP contribution >= 0.6 is 27.3 Å². The van der Waals surface area contributed by atoms with Crippen molar-refractivity contribution in [2.75, 3.05) is 31.7 Å². The van der Waals surface area contributed by atoms with E-state index in [0.717, 1.165) is 34.7 Å². The average Bonchev–Trinajstić information content (AvgIpc) is 2.94. The molecular formula is C9H14BrN3OS. The third-order valence-corrected chi connectivity index (χ3v) is 3.81. The molecule has 0 unspecified atom stereocenters. The summed E-state index contributed by atoms with van der Waals surface area (Å²) in [6.07, 6.45) is 2.69. The van der Waals surface area contributed by atoms with E-state index in [1.54, 1.807) is 0 Å². The predicted molar refractivity (Wildman–Crippen MR) is 64.4 cm³/mol. The van der Waals surface area contributed by atoms with E-state index >= 15 is 0 Å². The molecule has 0 atom stereocenters. The molecule has 1 aliphatic rings. The minimum absolute atomic E-state index is 0.768. The van der Waals surface area contributed by atoms with Crippen LogP contribution in [0.1, 0.15) is 12.8 Å². The first-order valence-corrected chi connectivity index (χ1v) is 6.64. The second-order valence-corrected chi connectivity index (χ2v) is 6.01. The summed E-state index contributed by atoms with van der Waals surface area (Å²) in [4.78, 5) is 2.06. The Kier molecular flexibility index (Phi) is 3.93. The second kappa shape index (κ2) is 5.23. The molecular weight excluding hydrogens is 278 g/mol. The summed E-state index contributed by atoms with van der Waals surface area (Å²) >= 11 is 4.83. The fourth-order valence-electron chi connectivity index (χ4n) is 1.18. The first-order valence-electron chi connectivity index (χ1n) is 5.03. The lowest BCUT2D eigenvalue weighted by atomic mass is 10.5. The number of halogens is 1. The molecule has 15 heavy (non-hydrogen) atoms. The molecule has 0 spiro atoms. The molecule has 1 aliphatic carbocycles. The van der Waals surface area contributed by atoms with Crippen molar-refractivity contribution < 1.29 is 4.74 Å². The van der Waals surface area contributed by atoms with Gasteiger partial charge in [-0.1, -0.05) is 11.3 Å². The van der Waals surface area contributed by atoms with Gasteiger partial charge < -0.3 is 9.64 Å². The van der Waals surface area contributed by atoms with Gasteiger partial charge in [-0.15, -0.1) is 10.2 Å². The molecule has 84 valence electrons. The third-order valence-electron chi connectivity index (χ3n) is 2.34. The SMILES string of the molecule is CN(CCOCC1CC1)c1nnc(Br)s1. The highest BCUT2D eigenvalue weighted by molar-refractivity contribution is 9.11. The van der Waals surface area contributed by atoms with Crippen LogP contribution < -0.4 is 4.90 Å². The van der Waals surface area contributed by atoms with Crippen molar-refractivity contribution in [2.24, 2.45) is 5.92 Å². The van der Waals surface area contributed by atoms with E-state index in [-0.39, 0.29) is 0 Å². The first kappa shape index (κ1) is 11.3. The molecule has 0 amide bonds. The fraction of sp³-hybridized carbons (Fsp3) is 0.778. The van der Waals surface area contributed by atoms with Crippen LogP contribution in [0.5, 0.6) is 0 Å². The van der Waals surface area contributed by atoms with E-state index < -0.39 is 0 Å². The van der Waals surface area contributed by atoms with Crippen LogP contribution in [0.25, 0.3) is 0 Å². The van der Waals surface area contributed by atoms with E-state index in [1.807, 2.05) is 7.05 Å². The van der Waals surface area contributed by atoms with Gasteiger partial charge in [0, 0.05) is 20.2 Å². The summed E-state index contributed by atoms with van der Waals surface area (Å²) in [5.41, 5.74) is 0. The Bertz CT molecular complexity index is 316. The Hall–Kier alpha value is -0.200. The maximum absolute atomic E-state index is 5.56. The highest BCUT2D eigenvalue weighted by Gasteiger charge is 2.21. The van der Waals surface area contributed by atoms with Crippen LogP contribution in [0.3, 0.4) is 0 Å². The Morgan fingerprint density at radius 1 is 1.53 bits per heavy atom. The Labute approximate surface area is 102 Å². The molecule has 1 aromatic rings. The number of likely N-dealkylation sites (N-methyl/N-ethyl adjacent to an activating group) is 1. The quantitative estimate of drug-likeness (QED) is 0.753. The van der Waals surface area contributed by atoms with Crippen LogP contribution in [0.2, 0.25) is 0 Å². The smallest absolute Gasteiger partial charge is 0.208 e. The number of ether oxygens (including phenoxy) is 1. The molecule has 0 aliphatic heterocycles. The summed E-state index contributed by atoms with van der Waals surface area (Å²) < 4.78 is 6.38. The summed E-state index contributed by atoms with van der Waals surface area (Å²) in [7, 11) is 2.01. The number of anilines is 1. The van der Waals surface area contributed by atoms with E-state index in [2.05, 4.69) is 31.0 Å². The van der Waals surface area contributed by atoms with Gasteiger partial charge in [0.1, 0.15) is 0 Å². The van der Waals surface area contributed by atoms with Gasteiger partial charge in [-0.25, -0.2) is 0 Å². The monoisotopic (exact) mass is 291 g/mol. The highest BCUT2D eigenvalue weighted by Crippen LogP contribution is 2.28. The lowest BCUT2D eigenvalue weighted by molar-refractivity contribution is 0.131. The predicted octanol–water partition coefficient (Wildman–Crippen LogP) is 2.16. The largest absolute Gasteiger partial charge is 0.379 e. The van der Waals surface area contributed by atoms with Crippen molar-refractivity contribution >= 4 is 32.4 Å². The van der Waals surface area contributed by atoms with Crippen LogP contribution in [0.15, 0.2) is 3.92 Å². The van der Waals surface area contributed by atoms with Crippen molar-refractivity contribution in [1.82, 2.24) is 10.2 Å². The van der Waals surface area contributed by atoms with Gasteiger partial charge in [0.15, 0.2) is 3.92 Å². The molecule has 0 bridgehead atoms. The Morgan fingerprint density at radius 2 is 2.33 bits per heavy atom. The Morgan fingerprint density at radius 3 is 2.93 bits per heavy atom. The molecule has 1 saturated carbocycles. The third kappa shape index (κ3) is 3.70. The van der Waals surface area contributed by atoms with Gasteiger partial charge in [-0.3, -0.25) is 0 Å². The number of aromatic nitrogens is 2. The van der Waals surface area contributed by atoms with Crippen molar-refractivity contribution in [3.8, 4) is 0 Å². The van der Waals surface area contributed by atoms with Gasteiger partial charge in [0.05, 0.1) is 6.61 Å². The van der Waals surface area contributed by atoms with Crippen LogP contribution in [0, 0.1) is 5.92 Å². The molecule has 4 nitrogen and oxygen atoms in total. The lowest BCUT2D eigenvalue weighted by Crippen LogP contribution is -2.22. The van der Waals surface area contributed by atoms with E-state index in [4.69, 9.17) is 4.74 Å². The number of nitrogens with zero attached hydrogens (tertiary/aromatic N) is 3. The molecule has 0 N–H and O–H groups in total.